The molecule has 1 aliphatic heterocycles. The van der Waals surface area contributed by atoms with Gasteiger partial charge in [-0.3, -0.25) is 9.80 Å². The number of aliphatic hydroxyl groups is 1. The summed E-state index contributed by atoms with van der Waals surface area (Å²) in [5.74, 6) is 0. The molecule has 1 saturated carbocycles. The van der Waals surface area contributed by atoms with Gasteiger partial charge in [-0.15, -0.1) is 0 Å². The maximum Gasteiger partial charge on any atom is 0.332 e. The van der Waals surface area contributed by atoms with E-state index in [4.69, 9.17) is 23.2 Å². The number of anilines is 2. The molecule has 1 atom stereocenters. The third kappa shape index (κ3) is 2.68. The number of aryl methyl sites for hydroxylation is 1. The minimum atomic E-state index is -1.52. The first-order valence-corrected chi connectivity index (χ1v) is 10.6. The van der Waals surface area contributed by atoms with E-state index in [-0.39, 0.29) is 6.03 Å². The highest BCUT2D eigenvalue weighted by Gasteiger charge is 2.74. The van der Waals surface area contributed by atoms with Crippen LogP contribution in [-0.4, -0.2) is 16.7 Å². The second-order valence-electron chi connectivity index (χ2n) is 7.98. The monoisotopic (exact) mass is 438 g/mol. The fraction of sp³-hybridized carbons (Fsp3) is 0.208. The topological polar surface area (TPSA) is 43.8 Å². The molecule has 5 rings (SSSR count). The highest BCUT2D eigenvalue weighted by atomic mass is 35.5. The van der Waals surface area contributed by atoms with E-state index in [1.807, 2.05) is 43.3 Å². The van der Waals surface area contributed by atoms with Crippen LogP contribution in [0.4, 0.5) is 16.2 Å². The average Bonchev–Trinajstić information content (AvgIpc) is 3.50. The number of urea groups is 1. The van der Waals surface area contributed by atoms with Crippen LogP contribution in [0.15, 0.2) is 72.8 Å². The Morgan fingerprint density at radius 1 is 0.833 bits per heavy atom. The summed E-state index contributed by atoms with van der Waals surface area (Å²) < 4.78 is 0. The van der Waals surface area contributed by atoms with Crippen molar-refractivity contribution >= 4 is 40.6 Å². The molecular formula is C24H20Cl2N2O2. The molecule has 1 heterocycles. The Hall–Kier alpha value is -2.53. The van der Waals surface area contributed by atoms with Gasteiger partial charge in [-0.25, -0.2) is 4.79 Å². The smallest absolute Gasteiger partial charge is 0.332 e. The van der Waals surface area contributed by atoms with E-state index >= 15 is 0 Å². The Kier molecular flexibility index (Phi) is 4.37. The first-order chi connectivity index (χ1) is 14.4. The fourth-order valence-corrected chi connectivity index (χ4v) is 4.82. The van der Waals surface area contributed by atoms with Crippen LogP contribution < -0.4 is 9.80 Å². The fourth-order valence-electron chi connectivity index (χ4n) is 4.57. The van der Waals surface area contributed by atoms with Gasteiger partial charge >= 0.3 is 6.03 Å². The van der Waals surface area contributed by atoms with Crippen molar-refractivity contribution in [3.8, 4) is 0 Å². The van der Waals surface area contributed by atoms with Crippen molar-refractivity contribution in [1.29, 1.82) is 0 Å². The quantitative estimate of drug-likeness (QED) is 0.534. The lowest BCUT2D eigenvalue weighted by atomic mass is 9.90. The number of rotatable bonds is 3. The lowest BCUT2D eigenvalue weighted by Crippen LogP contribution is -2.51. The van der Waals surface area contributed by atoms with E-state index in [1.54, 1.807) is 41.3 Å². The Bertz CT molecular complexity index is 1130. The molecule has 1 saturated heterocycles. The van der Waals surface area contributed by atoms with Gasteiger partial charge in [0, 0.05) is 27.0 Å². The van der Waals surface area contributed by atoms with Crippen molar-refractivity contribution < 1.29 is 9.90 Å². The van der Waals surface area contributed by atoms with Crippen molar-refractivity contribution in [3.63, 3.8) is 0 Å². The molecule has 2 amide bonds. The van der Waals surface area contributed by atoms with Crippen molar-refractivity contribution in [2.75, 3.05) is 9.80 Å². The molecule has 6 heteroatoms. The summed E-state index contributed by atoms with van der Waals surface area (Å²) in [4.78, 5) is 17.1. The third-order valence-electron chi connectivity index (χ3n) is 6.10. The highest BCUT2D eigenvalue weighted by Crippen LogP contribution is 2.62. The second-order valence-corrected chi connectivity index (χ2v) is 8.85. The molecule has 1 N–H and O–H groups in total. The van der Waals surface area contributed by atoms with Crippen LogP contribution in [0.1, 0.15) is 24.0 Å². The number of hydrogen-bond acceptors (Lipinski definition) is 2. The standard InChI is InChI=1S/C24H20Cl2N2O2/c1-16-3-2-4-17(15-16)24(30)23(13-14-23)27(20-9-5-18(25)6-10-20)22(29)28(24)21-11-7-19(26)8-12-21/h2-12,15,30H,13-14H2,1H3. The number of hydrogen-bond donors (Lipinski definition) is 1. The van der Waals surface area contributed by atoms with Gasteiger partial charge in [0.25, 0.3) is 0 Å². The molecule has 4 nitrogen and oxygen atoms in total. The van der Waals surface area contributed by atoms with Crippen molar-refractivity contribution in [2.24, 2.45) is 0 Å². The molecule has 1 unspecified atom stereocenters. The summed E-state index contributed by atoms with van der Waals surface area (Å²) in [5.41, 5.74) is 0.736. The van der Waals surface area contributed by atoms with Crippen LogP contribution in [-0.2, 0) is 5.72 Å². The number of halogens is 2. The number of carbonyl (C=O) groups is 1. The summed E-state index contributed by atoms with van der Waals surface area (Å²) in [6.07, 6.45) is 1.38. The lowest BCUT2D eigenvalue weighted by molar-refractivity contribution is 0.0221. The van der Waals surface area contributed by atoms with Crippen LogP contribution in [0.3, 0.4) is 0 Å². The average molecular weight is 439 g/mol. The molecule has 30 heavy (non-hydrogen) atoms. The van der Waals surface area contributed by atoms with Gasteiger partial charge in [0.2, 0.25) is 0 Å². The van der Waals surface area contributed by atoms with Crippen molar-refractivity contribution in [1.82, 2.24) is 0 Å². The Morgan fingerprint density at radius 2 is 1.37 bits per heavy atom. The van der Waals surface area contributed by atoms with Gasteiger partial charge in [0.05, 0.1) is 0 Å². The van der Waals surface area contributed by atoms with Crippen LogP contribution in [0.2, 0.25) is 10.0 Å². The van der Waals surface area contributed by atoms with E-state index in [0.29, 0.717) is 39.8 Å². The van der Waals surface area contributed by atoms with Gasteiger partial charge in [0.1, 0.15) is 5.54 Å². The maximum atomic E-state index is 13.8. The summed E-state index contributed by atoms with van der Waals surface area (Å²) in [5, 5.41) is 13.5. The molecule has 0 aromatic heterocycles. The minimum absolute atomic E-state index is 0.277. The molecule has 3 aromatic rings. The SMILES string of the molecule is Cc1cccc(C2(O)N(c3ccc(Cl)cc3)C(=O)N(c3ccc(Cl)cc3)C23CC3)c1. The number of carbonyl (C=O) groups excluding carboxylic acids is 1. The van der Waals surface area contributed by atoms with E-state index in [9.17, 15) is 9.90 Å². The summed E-state index contributed by atoms with van der Waals surface area (Å²) in [6, 6.07) is 21.6. The number of benzene rings is 3. The first kappa shape index (κ1) is 19.4. The highest BCUT2D eigenvalue weighted by molar-refractivity contribution is 6.31. The zero-order valence-electron chi connectivity index (χ0n) is 16.3. The second kappa shape index (κ2) is 6.74. The predicted molar refractivity (Wildman–Crippen MR) is 120 cm³/mol. The molecule has 1 aliphatic carbocycles. The maximum absolute atomic E-state index is 13.8. The van der Waals surface area contributed by atoms with Crippen LogP contribution >= 0.6 is 23.2 Å². The van der Waals surface area contributed by atoms with Gasteiger partial charge in [-0.05, 0) is 68.3 Å². The van der Waals surface area contributed by atoms with Crippen LogP contribution in [0.25, 0.3) is 0 Å². The van der Waals surface area contributed by atoms with Gasteiger partial charge in [-0.2, -0.15) is 0 Å². The van der Waals surface area contributed by atoms with Crippen LogP contribution in [0, 0.1) is 6.92 Å². The first-order valence-electron chi connectivity index (χ1n) is 9.82. The van der Waals surface area contributed by atoms with E-state index in [0.717, 1.165) is 5.56 Å². The molecule has 152 valence electrons. The van der Waals surface area contributed by atoms with E-state index < -0.39 is 11.3 Å². The Balaban J connectivity index is 1.74. The van der Waals surface area contributed by atoms with E-state index in [1.165, 1.54) is 4.90 Å². The van der Waals surface area contributed by atoms with Crippen LogP contribution in [0.5, 0.6) is 0 Å². The molecule has 0 radical (unpaired) electrons. The summed E-state index contributed by atoms with van der Waals surface area (Å²) >= 11 is 12.2. The van der Waals surface area contributed by atoms with Gasteiger partial charge in [0.15, 0.2) is 5.72 Å². The van der Waals surface area contributed by atoms with Crippen molar-refractivity contribution in [3.05, 3.63) is 94.0 Å². The third-order valence-corrected chi connectivity index (χ3v) is 6.60. The summed E-state index contributed by atoms with van der Waals surface area (Å²) in [6.45, 7) is 1.98. The summed E-state index contributed by atoms with van der Waals surface area (Å²) in [7, 11) is 0. The lowest BCUT2D eigenvalue weighted by Gasteiger charge is -2.38. The molecule has 2 fully saturated rings. The predicted octanol–water partition coefficient (Wildman–Crippen LogP) is 6.13. The minimum Gasteiger partial charge on any atom is -0.364 e. The van der Waals surface area contributed by atoms with Crippen molar-refractivity contribution in [2.45, 2.75) is 31.0 Å². The van der Waals surface area contributed by atoms with Gasteiger partial charge < -0.3 is 5.11 Å². The number of nitrogens with zero attached hydrogens (tertiary/aromatic N) is 2. The van der Waals surface area contributed by atoms with E-state index in [2.05, 4.69) is 0 Å². The Morgan fingerprint density at radius 3 is 1.87 bits per heavy atom. The molecule has 0 bridgehead atoms. The number of amides is 2. The zero-order chi connectivity index (χ0) is 21.1. The zero-order valence-corrected chi connectivity index (χ0v) is 17.9. The molecular weight excluding hydrogens is 419 g/mol. The molecule has 3 aromatic carbocycles. The normalized spacial score (nSPS) is 22.1. The molecule has 1 spiro atoms. The van der Waals surface area contributed by atoms with Gasteiger partial charge in [-0.1, -0.05) is 53.0 Å². The molecule has 2 aliphatic rings. The largest absolute Gasteiger partial charge is 0.364 e. The Labute approximate surface area is 185 Å².